The van der Waals surface area contributed by atoms with Gasteiger partial charge in [0, 0.05) is 12.7 Å². The number of nitrogens with zero attached hydrogens (tertiary/aromatic N) is 5. The minimum atomic E-state index is -5.08. The molecule has 0 aliphatic rings. The van der Waals surface area contributed by atoms with Crippen molar-refractivity contribution in [3.8, 4) is 12.1 Å². The Morgan fingerprint density at radius 2 is 1.84 bits per heavy atom. The molecule has 0 aliphatic heterocycles. The first-order valence-electron chi connectivity index (χ1n) is 10.8. The van der Waals surface area contributed by atoms with Crippen LogP contribution in [0.15, 0.2) is 60.8 Å². The average molecular weight is 530 g/mol. The minimum absolute atomic E-state index is 0.256. The van der Waals surface area contributed by atoms with Gasteiger partial charge in [-0.15, -0.1) is 11.3 Å². The van der Waals surface area contributed by atoms with Gasteiger partial charge in [-0.1, -0.05) is 36.4 Å². The molecule has 12 heteroatoms. The van der Waals surface area contributed by atoms with E-state index in [0.29, 0.717) is 12.3 Å². The Kier molecular flexibility index (Phi) is 9.10. The molecule has 0 bridgehead atoms. The zero-order valence-electron chi connectivity index (χ0n) is 19.8. The predicted molar refractivity (Wildman–Crippen MR) is 131 cm³/mol. The van der Waals surface area contributed by atoms with Crippen molar-refractivity contribution in [1.29, 1.82) is 5.26 Å². The summed E-state index contributed by atoms with van der Waals surface area (Å²) in [5.41, 5.74) is 3.74. The van der Waals surface area contributed by atoms with Crippen molar-refractivity contribution >= 4 is 27.5 Å². The molecule has 2 aromatic heterocycles. The number of carboxylic acid groups (broad SMARTS) is 1. The number of hydrogen-bond donors (Lipinski definition) is 1. The highest BCUT2D eigenvalue weighted by Crippen LogP contribution is 2.31. The molecule has 1 unspecified atom stereocenters. The lowest BCUT2D eigenvalue weighted by molar-refractivity contribution is -0.192. The molecule has 37 heavy (non-hydrogen) atoms. The van der Waals surface area contributed by atoms with Crippen LogP contribution in [0, 0.1) is 11.3 Å². The van der Waals surface area contributed by atoms with E-state index in [1.165, 1.54) is 16.9 Å². The topological polar surface area (TPSA) is 112 Å². The van der Waals surface area contributed by atoms with E-state index in [-0.39, 0.29) is 6.01 Å². The van der Waals surface area contributed by atoms with Crippen molar-refractivity contribution in [1.82, 2.24) is 19.9 Å². The van der Waals surface area contributed by atoms with Gasteiger partial charge < -0.3 is 14.7 Å². The van der Waals surface area contributed by atoms with Crippen molar-refractivity contribution < 1.29 is 27.8 Å². The van der Waals surface area contributed by atoms with E-state index in [1.807, 2.05) is 50.5 Å². The Labute approximate surface area is 214 Å². The predicted octanol–water partition coefficient (Wildman–Crippen LogP) is 5.02. The number of aliphatic carboxylic acids is 1. The number of nitriles is 1. The molecule has 8 nitrogen and oxygen atoms in total. The van der Waals surface area contributed by atoms with Crippen molar-refractivity contribution in [2.24, 2.45) is 0 Å². The number of rotatable bonds is 7. The highest BCUT2D eigenvalue weighted by molar-refractivity contribution is 7.18. The number of thiazole rings is 1. The molecule has 0 spiro atoms. The molecule has 2 aromatic carbocycles. The van der Waals surface area contributed by atoms with Gasteiger partial charge in [-0.2, -0.15) is 23.4 Å². The zero-order chi connectivity index (χ0) is 27.0. The van der Waals surface area contributed by atoms with Crippen LogP contribution < -0.4 is 4.74 Å². The van der Waals surface area contributed by atoms with Crippen LogP contribution in [0.2, 0.25) is 0 Å². The van der Waals surface area contributed by atoms with Crippen LogP contribution in [-0.2, 0) is 17.9 Å². The van der Waals surface area contributed by atoms with E-state index in [0.717, 1.165) is 27.3 Å². The number of carbonyl (C=O) groups is 1. The smallest absolute Gasteiger partial charge is 0.475 e. The number of aromatic nitrogens is 3. The Morgan fingerprint density at radius 1 is 1.14 bits per heavy atom. The molecule has 0 saturated carbocycles. The van der Waals surface area contributed by atoms with E-state index >= 15 is 0 Å². The largest absolute Gasteiger partial charge is 0.490 e. The summed E-state index contributed by atoms with van der Waals surface area (Å²) in [6, 6.07) is 20.4. The lowest BCUT2D eigenvalue weighted by atomic mass is 10.1. The van der Waals surface area contributed by atoms with Crippen molar-refractivity contribution in [3.63, 3.8) is 0 Å². The van der Waals surface area contributed by atoms with E-state index in [2.05, 4.69) is 38.1 Å². The summed E-state index contributed by atoms with van der Waals surface area (Å²) in [6.07, 6.45) is -3.46. The first-order valence-corrected chi connectivity index (χ1v) is 11.6. The van der Waals surface area contributed by atoms with Gasteiger partial charge in [-0.3, -0.25) is 0 Å². The first-order chi connectivity index (χ1) is 17.6. The highest BCUT2D eigenvalue weighted by atomic mass is 32.1. The van der Waals surface area contributed by atoms with E-state index in [9.17, 15) is 18.4 Å². The molecule has 0 aliphatic carbocycles. The summed E-state index contributed by atoms with van der Waals surface area (Å²) in [4.78, 5) is 24.3. The number of para-hydroxylation sites is 1. The molecular weight excluding hydrogens is 507 g/mol. The lowest BCUT2D eigenvalue weighted by Crippen LogP contribution is -2.21. The molecule has 0 fully saturated rings. The van der Waals surface area contributed by atoms with Crippen LogP contribution in [0.25, 0.3) is 10.2 Å². The lowest BCUT2D eigenvalue weighted by Gasteiger charge is -2.11. The van der Waals surface area contributed by atoms with E-state index in [4.69, 9.17) is 14.6 Å². The maximum atomic E-state index is 10.6. The molecule has 2 heterocycles. The van der Waals surface area contributed by atoms with Gasteiger partial charge in [0.2, 0.25) is 0 Å². The number of hydrogen-bond acceptors (Lipinski definition) is 8. The minimum Gasteiger partial charge on any atom is -0.475 e. The summed E-state index contributed by atoms with van der Waals surface area (Å²) in [6.45, 7) is 1.23. The van der Waals surface area contributed by atoms with Gasteiger partial charge in [0.1, 0.15) is 17.5 Å². The quantitative estimate of drug-likeness (QED) is 0.355. The maximum Gasteiger partial charge on any atom is 0.490 e. The molecule has 4 aromatic rings. The monoisotopic (exact) mass is 529 g/mol. The molecule has 0 saturated heterocycles. The summed E-state index contributed by atoms with van der Waals surface area (Å²) < 4.78 is 38.6. The van der Waals surface area contributed by atoms with Gasteiger partial charge in [0.05, 0.1) is 22.0 Å². The molecule has 1 N–H and O–H groups in total. The Balaban J connectivity index is 0.000000479. The van der Waals surface area contributed by atoms with E-state index < -0.39 is 18.1 Å². The Hall–Kier alpha value is -4.08. The fraction of sp³-hybridized carbons (Fsp3) is 0.240. The third kappa shape index (κ3) is 7.96. The molecule has 0 amide bonds. The second kappa shape index (κ2) is 12.2. The van der Waals surface area contributed by atoms with Gasteiger partial charge in [0.15, 0.2) is 0 Å². The van der Waals surface area contributed by atoms with Crippen molar-refractivity contribution in [2.75, 3.05) is 14.1 Å². The van der Waals surface area contributed by atoms with Crippen LogP contribution in [-0.4, -0.2) is 51.2 Å². The molecule has 4 rings (SSSR count). The summed E-state index contributed by atoms with van der Waals surface area (Å²) in [5.74, 6) is -3.32. The standard InChI is InChI=1S/C23H21N5OS.C2HF3O2/c1-28(2)14-16-6-5-7-17(12-16)15-29-23-25-11-10-19(27-23)18(13-24)22-26-20-8-3-4-9-21(20)30-22;3-2(4,5)1(6)7/h3-12,18H,14-15H2,1-2H3;(H,6,7). The molecule has 192 valence electrons. The zero-order valence-corrected chi connectivity index (χ0v) is 20.6. The normalized spacial score (nSPS) is 11.9. The van der Waals surface area contributed by atoms with Gasteiger partial charge >= 0.3 is 18.2 Å². The first kappa shape index (κ1) is 27.5. The third-order valence-electron chi connectivity index (χ3n) is 4.74. The van der Waals surface area contributed by atoms with Crippen molar-refractivity contribution in [3.05, 3.63) is 82.6 Å². The van der Waals surface area contributed by atoms with Crippen LogP contribution in [0.3, 0.4) is 0 Å². The molecule has 0 radical (unpaired) electrons. The summed E-state index contributed by atoms with van der Waals surface area (Å²) in [7, 11) is 4.08. The fourth-order valence-electron chi connectivity index (χ4n) is 3.18. The van der Waals surface area contributed by atoms with Gasteiger partial charge in [-0.25, -0.2) is 14.8 Å². The summed E-state index contributed by atoms with van der Waals surface area (Å²) in [5, 5.41) is 17.6. The molecular formula is C25H22F3N5O3S. The second-order valence-electron chi connectivity index (χ2n) is 8.00. The van der Waals surface area contributed by atoms with Crippen molar-refractivity contribution in [2.45, 2.75) is 25.2 Å². The Bertz CT molecular complexity index is 1370. The van der Waals surface area contributed by atoms with Crippen LogP contribution in [0.5, 0.6) is 6.01 Å². The SMILES string of the molecule is CN(C)Cc1cccc(COc2nccc(C(C#N)c3nc4ccccc4s3)n2)c1.O=C(O)C(F)(F)F. The second-order valence-corrected chi connectivity index (χ2v) is 9.06. The number of fused-ring (bicyclic) bond motifs is 1. The van der Waals surface area contributed by atoms with Crippen LogP contribution in [0.1, 0.15) is 27.7 Å². The number of ether oxygens (including phenoxy) is 1. The van der Waals surface area contributed by atoms with Crippen LogP contribution >= 0.6 is 11.3 Å². The highest BCUT2D eigenvalue weighted by Gasteiger charge is 2.38. The van der Waals surface area contributed by atoms with E-state index in [1.54, 1.807) is 12.3 Å². The average Bonchev–Trinajstić information content (AvgIpc) is 3.27. The third-order valence-corrected chi connectivity index (χ3v) is 5.84. The maximum absolute atomic E-state index is 10.6. The number of carboxylic acids is 1. The molecule has 1 atom stereocenters. The number of benzene rings is 2. The van der Waals surface area contributed by atoms with Gasteiger partial charge in [-0.05, 0) is 43.4 Å². The number of halogens is 3. The summed E-state index contributed by atoms with van der Waals surface area (Å²) >= 11 is 1.51. The Morgan fingerprint density at radius 3 is 2.49 bits per heavy atom. The van der Waals surface area contributed by atoms with Crippen LogP contribution in [0.4, 0.5) is 13.2 Å². The van der Waals surface area contributed by atoms with Gasteiger partial charge in [0.25, 0.3) is 0 Å². The number of alkyl halides is 3. The fourth-order valence-corrected chi connectivity index (χ4v) is 4.20.